The van der Waals surface area contributed by atoms with Crippen molar-refractivity contribution in [3.63, 3.8) is 0 Å². The van der Waals surface area contributed by atoms with Crippen LogP contribution >= 0.6 is 0 Å². The zero-order valence-electron chi connectivity index (χ0n) is 21.6. The predicted octanol–water partition coefficient (Wildman–Crippen LogP) is -2.04. The average molecular weight is 536 g/mol. The number of aliphatic carboxylic acids is 5. The fourth-order valence-electron chi connectivity index (χ4n) is 3.62. The van der Waals surface area contributed by atoms with Gasteiger partial charge in [-0.15, -0.1) is 0 Å². The number of rotatable bonds is 24. The van der Waals surface area contributed by atoms with Gasteiger partial charge in [0, 0.05) is 52.4 Å². The molecular formula is C22H41N5O10. The van der Waals surface area contributed by atoms with Crippen LogP contribution in [0.5, 0.6) is 0 Å². The van der Waals surface area contributed by atoms with Crippen LogP contribution in [0.15, 0.2) is 0 Å². The molecule has 0 saturated heterocycles. The predicted molar refractivity (Wildman–Crippen MR) is 132 cm³/mol. The summed E-state index contributed by atoms with van der Waals surface area (Å²) in [5, 5.41) is 45.5. The Bertz CT molecular complexity index is 723. The van der Waals surface area contributed by atoms with Gasteiger partial charge in [-0.2, -0.15) is 0 Å². The minimum atomic E-state index is -1.13. The van der Waals surface area contributed by atoms with E-state index in [1.165, 1.54) is 4.90 Å². The first-order valence-electron chi connectivity index (χ1n) is 12.1. The van der Waals surface area contributed by atoms with Gasteiger partial charge in [0.2, 0.25) is 0 Å². The van der Waals surface area contributed by atoms with Crippen LogP contribution < -0.4 is 0 Å². The monoisotopic (exact) mass is 535 g/mol. The molecule has 0 spiro atoms. The third kappa shape index (κ3) is 19.0. The Balaban J connectivity index is 5.01. The van der Waals surface area contributed by atoms with Crippen molar-refractivity contribution < 1.29 is 49.5 Å². The van der Waals surface area contributed by atoms with Gasteiger partial charge in [-0.25, -0.2) is 0 Å². The van der Waals surface area contributed by atoms with Crippen LogP contribution in [0.25, 0.3) is 0 Å². The molecule has 0 aliphatic carbocycles. The smallest absolute Gasteiger partial charge is 0.317 e. The van der Waals surface area contributed by atoms with Crippen molar-refractivity contribution in [2.45, 2.75) is 13.8 Å². The highest BCUT2D eigenvalue weighted by Crippen LogP contribution is 1.99. The highest BCUT2D eigenvalue weighted by Gasteiger charge is 2.18. The van der Waals surface area contributed by atoms with Gasteiger partial charge in [0.05, 0.1) is 32.7 Å². The van der Waals surface area contributed by atoms with Crippen molar-refractivity contribution in [1.29, 1.82) is 0 Å². The summed E-state index contributed by atoms with van der Waals surface area (Å²) in [6.45, 7) is 5.83. The summed E-state index contributed by atoms with van der Waals surface area (Å²) in [5.41, 5.74) is 0. The van der Waals surface area contributed by atoms with E-state index < -0.39 is 42.9 Å². The third-order valence-electron chi connectivity index (χ3n) is 5.62. The van der Waals surface area contributed by atoms with Gasteiger partial charge in [-0.1, -0.05) is 13.8 Å². The Morgan fingerprint density at radius 2 is 0.595 bits per heavy atom. The van der Waals surface area contributed by atoms with E-state index in [0.29, 0.717) is 45.8 Å². The third-order valence-corrected chi connectivity index (χ3v) is 5.62. The van der Waals surface area contributed by atoms with Gasteiger partial charge < -0.3 is 30.4 Å². The zero-order valence-corrected chi connectivity index (χ0v) is 21.6. The molecule has 0 bridgehead atoms. The molecule has 0 fully saturated rings. The van der Waals surface area contributed by atoms with E-state index in [2.05, 4.69) is 0 Å². The van der Waals surface area contributed by atoms with Gasteiger partial charge in [0.25, 0.3) is 0 Å². The molecule has 214 valence electrons. The molecule has 0 amide bonds. The second-order valence-electron chi connectivity index (χ2n) is 8.53. The molecule has 0 atom stereocenters. The fraction of sp³-hybridized carbons (Fsp3) is 0.773. The van der Waals surface area contributed by atoms with Crippen LogP contribution in [0.2, 0.25) is 0 Å². The second kappa shape index (κ2) is 19.3. The lowest BCUT2D eigenvalue weighted by atomic mass is 10.3. The summed E-state index contributed by atoms with van der Waals surface area (Å²) < 4.78 is 0. The van der Waals surface area contributed by atoms with E-state index in [9.17, 15) is 34.2 Å². The number of nitrogens with zero attached hydrogens (tertiary/aromatic N) is 5. The lowest BCUT2D eigenvalue weighted by Gasteiger charge is -2.30. The summed E-state index contributed by atoms with van der Waals surface area (Å²) in [5.74, 6) is -5.33. The number of hydrogen-bond donors (Lipinski definition) is 5. The normalized spacial score (nSPS) is 11.6. The highest BCUT2D eigenvalue weighted by molar-refractivity contribution is 5.72. The Hall–Kier alpha value is -2.85. The van der Waals surface area contributed by atoms with E-state index in [0.717, 1.165) is 0 Å². The average Bonchev–Trinajstić information content (AvgIpc) is 2.77. The molecule has 0 aromatic heterocycles. The largest absolute Gasteiger partial charge is 0.480 e. The van der Waals surface area contributed by atoms with Crippen LogP contribution in [-0.4, -0.2) is 178 Å². The molecule has 15 heteroatoms. The second-order valence-corrected chi connectivity index (χ2v) is 8.53. The molecule has 0 aliphatic rings. The first kappa shape index (κ1) is 34.1. The molecule has 0 aliphatic heterocycles. The molecule has 0 aromatic carbocycles. The molecule has 0 saturated carbocycles. The summed E-state index contributed by atoms with van der Waals surface area (Å²) >= 11 is 0. The van der Waals surface area contributed by atoms with Crippen molar-refractivity contribution in [2.75, 3.05) is 98.2 Å². The summed E-state index contributed by atoms with van der Waals surface area (Å²) in [6, 6.07) is 0. The molecule has 0 rings (SSSR count). The van der Waals surface area contributed by atoms with E-state index in [1.807, 2.05) is 11.8 Å². The maximum atomic E-state index is 11.4. The quantitative estimate of drug-likeness (QED) is 0.0903. The van der Waals surface area contributed by atoms with Gasteiger partial charge >= 0.3 is 29.8 Å². The number of hydrogen-bond acceptors (Lipinski definition) is 10. The lowest BCUT2D eigenvalue weighted by molar-refractivity contribution is -0.142. The van der Waals surface area contributed by atoms with Crippen LogP contribution in [-0.2, 0) is 24.0 Å². The summed E-state index contributed by atoms with van der Waals surface area (Å²) in [7, 11) is 0. The minimum Gasteiger partial charge on any atom is -0.480 e. The molecule has 0 unspecified atom stereocenters. The maximum absolute atomic E-state index is 11.4. The molecule has 15 nitrogen and oxygen atoms in total. The standard InChI is InChI=1S/C22H41N5O10/c1-3-23(6-12-27(16-21(34)35)17-22(36)37)5-8-25(14-19(30)31)10-11-26(15-20(32)33)9-7-24(4-2)13-18(28)29/h3-17H2,1-2H3,(H,28,29)(H,30,31)(H,32,33)(H,34,35)(H,36,37). The maximum Gasteiger partial charge on any atom is 0.317 e. The molecule has 0 radical (unpaired) electrons. The van der Waals surface area contributed by atoms with Crippen molar-refractivity contribution >= 4 is 29.8 Å². The Morgan fingerprint density at radius 1 is 0.378 bits per heavy atom. The molecule has 37 heavy (non-hydrogen) atoms. The van der Waals surface area contributed by atoms with Crippen molar-refractivity contribution in [3.05, 3.63) is 0 Å². The Morgan fingerprint density at radius 3 is 0.892 bits per heavy atom. The number of likely N-dealkylation sites (N-methyl/N-ethyl adjacent to an activating group) is 2. The fourth-order valence-corrected chi connectivity index (χ4v) is 3.62. The van der Waals surface area contributed by atoms with Crippen LogP contribution in [0.4, 0.5) is 0 Å². The zero-order chi connectivity index (χ0) is 28.4. The number of carbonyl (C=O) groups is 5. The highest BCUT2D eigenvalue weighted by atomic mass is 16.4. The summed E-state index contributed by atoms with van der Waals surface area (Å²) in [6.07, 6.45) is 0. The Kier molecular flexibility index (Phi) is 17.8. The van der Waals surface area contributed by atoms with Gasteiger partial charge in [-0.05, 0) is 13.1 Å². The summed E-state index contributed by atoms with van der Waals surface area (Å²) in [4.78, 5) is 63.8. The first-order chi connectivity index (χ1) is 17.4. The Labute approximate surface area is 216 Å². The van der Waals surface area contributed by atoms with Crippen molar-refractivity contribution in [1.82, 2.24) is 24.5 Å². The van der Waals surface area contributed by atoms with E-state index in [-0.39, 0.29) is 39.3 Å². The topological polar surface area (TPSA) is 203 Å². The van der Waals surface area contributed by atoms with E-state index >= 15 is 0 Å². The van der Waals surface area contributed by atoms with Crippen molar-refractivity contribution in [2.24, 2.45) is 0 Å². The number of carboxylic acids is 5. The van der Waals surface area contributed by atoms with E-state index in [1.54, 1.807) is 21.6 Å². The molecular weight excluding hydrogens is 494 g/mol. The van der Waals surface area contributed by atoms with Gasteiger partial charge in [-0.3, -0.25) is 43.6 Å². The minimum absolute atomic E-state index is 0.161. The van der Waals surface area contributed by atoms with Crippen molar-refractivity contribution in [3.8, 4) is 0 Å². The van der Waals surface area contributed by atoms with Crippen LogP contribution in [0.3, 0.4) is 0 Å². The molecule has 0 aromatic rings. The van der Waals surface area contributed by atoms with Gasteiger partial charge in [0.15, 0.2) is 0 Å². The molecule has 5 N–H and O–H groups in total. The SMILES string of the molecule is CCN(CCN(CCN(CCN(CC)CC(=O)O)CC(=O)O)CC(=O)O)CCN(CC(=O)O)CC(=O)O. The van der Waals surface area contributed by atoms with Crippen LogP contribution in [0, 0.1) is 0 Å². The lowest BCUT2D eigenvalue weighted by Crippen LogP contribution is -2.46. The van der Waals surface area contributed by atoms with Gasteiger partial charge in [0.1, 0.15) is 0 Å². The first-order valence-corrected chi connectivity index (χ1v) is 12.1. The molecule has 0 heterocycles. The number of carboxylic acid groups (broad SMARTS) is 5. The van der Waals surface area contributed by atoms with E-state index in [4.69, 9.17) is 15.3 Å². The van der Waals surface area contributed by atoms with Crippen LogP contribution in [0.1, 0.15) is 13.8 Å².